The SMILES string of the molecule is CN(C)c1ccc(NC(=O)c2ccc(N3C(=O)c4cccnc4C3=O)cc2)cc1. The third kappa shape index (κ3) is 3.34. The second-order valence-corrected chi connectivity index (χ2v) is 6.79. The first-order chi connectivity index (χ1) is 14.0. The van der Waals surface area contributed by atoms with E-state index in [0.29, 0.717) is 16.9 Å². The van der Waals surface area contributed by atoms with Crippen LogP contribution in [0.5, 0.6) is 0 Å². The van der Waals surface area contributed by atoms with Crippen LogP contribution < -0.4 is 15.1 Å². The average Bonchev–Trinajstić information content (AvgIpc) is 2.99. The summed E-state index contributed by atoms with van der Waals surface area (Å²) >= 11 is 0. The Kier molecular flexibility index (Phi) is 4.56. The maximum absolute atomic E-state index is 12.5. The Bertz CT molecular complexity index is 1070. The van der Waals surface area contributed by atoms with Crippen LogP contribution >= 0.6 is 0 Å². The zero-order chi connectivity index (χ0) is 20.5. The van der Waals surface area contributed by atoms with E-state index in [2.05, 4.69) is 10.3 Å². The number of anilines is 3. The first-order valence-electron chi connectivity index (χ1n) is 8.98. The summed E-state index contributed by atoms with van der Waals surface area (Å²) in [6.45, 7) is 0. The highest BCUT2D eigenvalue weighted by Crippen LogP contribution is 2.27. The maximum atomic E-state index is 12.5. The fraction of sp³-hybridized carbons (Fsp3) is 0.0909. The summed E-state index contributed by atoms with van der Waals surface area (Å²) in [5.74, 6) is -1.17. The van der Waals surface area contributed by atoms with Crippen molar-refractivity contribution in [2.24, 2.45) is 0 Å². The first kappa shape index (κ1) is 18.4. The van der Waals surface area contributed by atoms with Gasteiger partial charge in [0.05, 0.1) is 11.3 Å². The quantitative estimate of drug-likeness (QED) is 0.697. The van der Waals surface area contributed by atoms with E-state index in [0.717, 1.165) is 10.6 Å². The van der Waals surface area contributed by atoms with Gasteiger partial charge in [0.15, 0.2) is 0 Å². The van der Waals surface area contributed by atoms with Crippen LogP contribution in [0, 0.1) is 0 Å². The molecular weight excluding hydrogens is 368 g/mol. The van der Waals surface area contributed by atoms with Gasteiger partial charge < -0.3 is 10.2 Å². The highest BCUT2D eigenvalue weighted by molar-refractivity contribution is 6.33. The Morgan fingerprint density at radius 1 is 0.931 bits per heavy atom. The topological polar surface area (TPSA) is 82.6 Å². The van der Waals surface area contributed by atoms with Crippen molar-refractivity contribution in [3.8, 4) is 0 Å². The van der Waals surface area contributed by atoms with Gasteiger partial charge in [0, 0.05) is 37.2 Å². The number of aromatic nitrogens is 1. The molecule has 0 unspecified atom stereocenters. The van der Waals surface area contributed by atoms with Gasteiger partial charge in [-0.05, 0) is 60.7 Å². The number of carbonyl (C=O) groups is 3. The lowest BCUT2D eigenvalue weighted by molar-refractivity contribution is 0.0924. The molecule has 0 aliphatic carbocycles. The molecule has 0 fully saturated rings. The second-order valence-electron chi connectivity index (χ2n) is 6.79. The number of carbonyl (C=O) groups excluding carboxylic acids is 3. The van der Waals surface area contributed by atoms with Crippen molar-refractivity contribution in [2.75, 3.05) is 29.2 Å². The second kappa shape index (κ2) is 7.20. The number of amides is 3. The first-order valence-corrected chi connectivity index (χ1v) is 8.98. The third-order valence-electron chi connectivity index (χ3n) is 4.68. The minimum Gasteiger partial charge on any atom is -0.378 e. The van der Waals surface area contributed by atoms with Crippen molar-refractivity contribution in [1.29, 1.82) is 0 Å². The van der Waals surface area contributed by atoms with E-state index in [1.54, 1.807) is 36.4 Å². The molecule has 0 atom stereocenters. The lowest BCUT2D eigenvalue weighted by Crippen LogP contribution is -2.29. The Morgan fingerprint density at radius 3 is 2.24 bits per heavy atom. The van der Waals surface area contributed by atoms with E-state index >= 15 is 0 Å². The lowest BCUT2D eigenvalue weighted by atomic mass is 10.1. The molecule has 3 aromatic rings. The predicted octanol–water partition coefficient (Wildman–Crippen LogP) is 3.20. The van der Waals surface area contributed by atoms with Crippen molar-refractivity contribution < 1.29 is 14.4 Å². The van der Waals surface area contributed by atoms with Crippen LogP contribution in [0.3, 0.4) is 0 Å². The largest absolute Gasteiger partial charge is 0.378 e. The molecule has 1 aliphatic heterocycles. The van der Waals surface area contributed by atoms with Gasteiger partial charge in [0.2, 0.25) is 0 Å². The molecule has 0 saturated heterocycles. The molecule has 29 heavy (non-hydrogen) atoms. The van der Waals surface area contributed by atoms with Crippen molar-refractivity contribution in [1.82, 2.24) is 4.98 Å². The van der Waals surface area contributed by atoms with E-state index < -0.39 is 11.8 Å². The summed E-state index contributed by atoms with van der Waals surface area (Å²) in [5.41, 5.74) is 2.94. The molecule has 0 bridgehead atoms. The van der Waals surface area contributed by atoms with E-state index in [9.17, 15) is 14.4 Å². The van der Waals surface area contributed by atoms with Crippen molar-refractivity contribution in [2.45, 2.75) is 0 Å². The van der Waals surface area contributed by atoms with E-state index in [1.165, 1.54) is 6.20 Å². The van der Waals surface area contributed by atoms with Crippen LogP contribution in [0.15, 0.2) is 66.9 Å². The smallest absolute Gasteiger partial charge is 0.284 e. The monoisotopic (exact) mass is 386 g/mol. The van der Waals surface area contributed by atoms with Gasteiger partial charge in [-0.15, -0.1) is 0 Å². The van der Waals surface area contributed by atoms with Crippen molar-refractivity contribution in [3.63, 3.8) is 0 Å². The summed E-state index contributed by atoms with van der Waals surface area (Å²) in [6, 6.07) is 17.0. The molecule has 3 amide bonds. The van der Waals surface area contributed by atoms with Crippen molar-refractivity contribution >= 4 is 34.8 Å². The summed E-state index contributed by atoms with van der Waals surface area (Å²) in [4.78, 5) is 44.6. The maximum Gasteiger partial charge on any atom is 0.284 e. The number of hydrogen-bond donors (Lipinski definition) is 1. The third-order valence-corrected chi connectivity index (χ3v) is 4.68. The Morgan fingerprint density at radius 2 is 1.62 bits per heavy atom. The molecule has 7 nitrogen and oxygen atoms in total. The van der Waals surface area contributed by atoms with Crippen LogP contribution in [0.4, 0.5) is 17.1 Å². The van der Waals surface area contributed by atoms with Gasteiger partial charge in [0.25, 0.3) is 17.7 Å². The Labute approximate surface area is 167 Å². The fourth-order valence-electron chi connectivity index (χ4n) is 3.11. The molecule has 7 heteroatoms. The van der Waals surface area contributed by atoms with E-state index in [1.807, 2.05) is 43.3 Å². The van der Waals surface area contributed by atoms with Gasteiger partial charge in [-0.1, -0.05) is 0 Å². The van der Waals surface area contributed by atoms with Crippen LogP contribution in [0.1, 0.15) is 31.2 Å². The van der Waals surface area contributed by atoms with E-state index in [4.69, 9.17) is 0 Å². The lowest BCUT2D eigenvalue weighted by Gasteiger charge is -2.14. The number of imide groups is 1. The minimum atomic E-state index is -0.469. The molecule has 0 radical (unpaired) electrons. The molecule has 0 spiro atoms. The highest BCUT2D eigenvalue weighted by atomic mass is 16.2. The van der Waals surface area contributed by atoms with Gasteiger partial charge in [0.1, 0.15) is 5.69 Å². The molecule has 1 N–H and O–H groups in total. The molecule has 2 heterocycles. The van der Waals surface area contributed by atoms with Gasteiger partial charge >= 0.3 is 0 Å². The summed E-state index contributed by atoms with van der Waals surface area (Å²) in [6.07, 6.45) is 1.48. The zero-order valence-electron chi connectivity index (χ0n) is 15.9. The normalized spacial score (nSPS) is 12.7. The minimum absolute atomic E-state index is 0.139. The number of nitrogens with zero attached hydrogens (tertiary/aromatic N) is 3. The Balaban J connectivity index is 1.50. The number of hydrogen-bond acceptors (Lipinski definition) is 5. The van der Waals surface area contributed by atoms with Crippen LogP contribution in [0.25, 0.3) is 0 Å². The number of rotatable bonds is 4. The standard InChI is InChI=1S/C22H18N4O3/c1-25(2)16-11-7-15(8-12-16)24-20(27)14-5-9-17(10-6-14)26-21(28)18-4-3-13-23-19(18)22(26)29/h3-13H,1-2H3,(H,24,27). The molecular formula is C22H18N4O3. The zero-order valence-corrected chi connectivity index (χ0v) is 15.9. The molecule has 1 aliphatic rings. The highest BCUT2D eigenvalue weighted by Gasteiger charge is 2.37. The van der Waals surface area contributed by atoms with Crippen molar-refractivity contribution in [3.05, 3.63) is 83.7 Å². The fourth-order valence-corrected chi connectivity index (χ4v) is 3.11. The summed E-state index contributed by atoms with van der Waals surface area (Å²) in [7, 11) is 3.89. The molecule has 4 rings (SSSR count). The van der Waals surface area contributed by atoms with Crippen LogP contribution in [-0.2, 0) is 0 Å². The molecule has 1 aromatic heterocycles. The molecule has 0 saturated carbocycles. The summed E-state index contributed by atoms with van der Waals surface area (Å²) in [5, 5.41) is 2.83. The number of nitrogens with one attached hydrogen (secondary N) is 1. The number of fused-ring (bicyclic) bond motifs is 1. The number of pyridine rings is 1. The number of benzene rings is 2. The van der Waals surface area contributed by atoms with Gasteiger partial charge in [-0.25, -0.2) is 4.90 Å². The van der Waals surface area contributed by atoms with Crippen LogP contribution in [0.2, 0.25) is 0 Å². The molecule has 2 aromatic carbocycles. The average molecular weight is 386 g/mol. The molecule has 144 valence electrons. The van der Waals surface area contributed by atoms with Gasteiger partial charge in [-0.2, -0.15) is 0 Å². The predicted molar refractivity (Wildman–Crippen MR) is 111 cm³/mol. The van der Waals surface area contributed by atoms with E-state index in [-0.39, 0.29) is 17.2 Å². The summed E-state index contributed by atoms with van der Waals surface area (Å²) < 4.78 is 0. The van der Waals surface area contributed by atoms with Crippen LogP contribution in [-0.4, -0.2) is 36.8 Å². The van der Waals surface area contributed by atoms with Gasteiger partial charge in [-0.3, -0.25) is 19.4 Å². The Hall–Kier alpha value is -4.00.